The molecule has 0 bridgehead atoms. The van der Waals surface area contributed by atoms with Gasteiger partial charge in [0.25, 0.3) is 0 Å². The van der Waals surface area contributed by atoms with Gasteiger partial charge in [-0.3, -0.25) is 9.59 Å². The van der Waals surface area contributed by atoms with E-state index in [0.717, 1.165) is 42.8 Å². The number of nitrogens with one attached hydrogen (secondary N) is 1. The third kappa shape index (κ3) is 7.63. The lowest BCUT2D eigenvalue weighted by Gasteiger charge is -2.34. The van der Waals surface area contributed by atoms with Crippen molar-refractivity contribution in [1.82, 2.24) is 10.2 Å². The highest BCUT2D eigenvalue weighted by atomic mass is 16.6. The number of hydrogen-bond donors (Lipinski definition) is 2. The van der Waals surface area contributed by atoms with Crippen molar-refractivity contribution in [3.63, 3.8) is 0 Å². The van der Waals surface area contributed by atoms with Gasteiger partial charge in [-0.25, -0.2) is 0 Å². The van der Waals surface area contributed by atoms with Gasteiger partial charge in [0.15, 0.2) is 5.78 Å². The molecule has 37 heavy (non-hydrogen) atoms. The quantitative estimate of drug-likeness (QED) is 0.387. The number of allylic oxidation sites excluding steroid dienone is 4. The van der Waals surface area contributed by atoms with Crippen molar-refractivity contribution in [3.8, 4) is 0 Å². The summed E-state index contributed by atoms with van der Waals surface area (Å²) in [7, 11) is 1.67. The highest BCUT2D eigenvalue weighted by Gasteiger charge is 2.32. The summed E-state index contributed by atoms with van der Waals surface area (Å²) >= 11 is 0. The molecule has 2 saturated heterocycles. The molecule has 8 heteroatoms. The molecule has 0 radical (unpaired) electrons. The average Bonchev–Trinajstić information content (AvgIpc) is 3.43. The number of unbranched alkanes of at least 4 members (excludes halogenated alkanes) is 1. The second-order valence-corrected chi connectivity index (χ2v) is 10.5. The molecule has 2 aliphatic carbocycles. The number of nitrogens with zero attached hydrogens (tertiary/aromatic N) is 1. The molecule has 0 aromatic heterocycles. The van der Waals surface area contributed by atoms with Crippen LogP contribution in [0.4, 0.5) is 0 Å². The number of carbonyl (C=O) groups excluding carboxylic acids is 2. The number of ether oxygens (including phenoxy) is 3. The first-order valence-electron chi connectivity index (χ1n) is 13.8. The van der Waals surface area contributed by atoms with Crippen LogP contribution in [0.2, 0.25) is 0 Å². The monoisotopic (exact) mass is 514 g/mol. The van der Waals surface area contributed by atoms with E-state index in [1.54, 1.807) is 7.11 Å². The molecule has 2 heterocycles. The Labute approximate surface area is 220 Å². The third-order valence-electron chi connectivity index (χ3n) is 7.71. The molecular formula is C29H42N2O6. The maximum absolute atomic E-state index is 12.9. The number of rotatable bonds is 12. The van der Waals surface area contributed by atoms with Crippen LogP contribution in [0, 0.1) is 5.92 Å². The van der Waals surface area contributed by atoms with Gasteiger partial charge in [-0.2, -0.15) is 0 Å². The van der Waals surface area contributed by atoms with Gasteiger partial charge < -0.3 is 29.5 Å². The summed E-state index contributed by atoms with van der Waals surface area (Å²) < 4.78 is 16.9. The fourth-order valence-electron chi connectivity index (χ4n) is 5.54. The first-order chi connectivity index (χ1) is 17.9. The number of aliphatic hydroxyl groups is 1. The van der Waals surface area contributed by atoms with Gasteiger partial charge >= 0.3 is 0 Å². The Morgan fingerprint density at radius 1 is 1.19 bits per heavy atom. The molecule has 4 rings (SSSR count). The molecule has 1 amide bonds. The summed E-state index contributed by atoms with van der Waals surface area (Å²) in [6.45, 7) is 5.71. The van der Waals surface area contributed by atoms with Crippen molar-refractivity contribution in [2.45, 2.75) is 76.2 Å². The van der Waals surface area contributed by atoms with Crippen LogP contribution in [-0.4, -0.2) is 86.0 Å². The Bertz CT molecular complexity index is 933. The molecule has 5 atom stereocenters. The zero-order chi connectivity index (χ0) is 26.2. The number of aliphatic hydroxyl groups excluding tert-OH is 1. The first-order valence-corrected chi connectivity index (χ1v) is 13.8. The summed E-state index contributed by atoms with van der Waals surface area (Å²) in [5, 5.41) is 14.4. The number of likely N-dealkylation sites (tertiary alicyclic amines) is 1. The van der Waals surface area contributed by atoms with Crippen molar-refractivity contribution < 1.29 is 28.9 Å². The van der Waals surface area contributed by atoms with E-state index in [1.807, 2.05) is 37.3 Å². The van der Waals surface area contributed by atoms with Gasteiger partial charge in [-0.15, -0.1) is 0 Å². The number of amides is 1. The molecule has 8 nitrogen and oxygen atoms in total. The lowest BCUT2D eigenvalue weighted by molar-refractivity contribution is -0.123. The maximum Gasteiger partial charge on any atom is 0.220 e. The minimum Gasteiger partial charge on any atom is -0.493 e. The van der Waals surface area contributed by atoms with Gasteiger partial charge in [-0.1, -0.05) is 31.2 Å². The van der Waals surface area contributed by atoms with Crippen LogP contribution in [0.3, 0.4) is 0 Å². The Hall–Kier alpha value is -2.26. The van der Waals surface area contributed by atoms with Crippen LogP contribution in [0.1, 0.15) is 51.9 Å². The van der Waals surface area contributed by atoms with E-state index in [1.165, 1.54) is 0 Å². The predicted molar refractivity (Wildman–Crippen MR) is 141 cm³/mol. The molecule has 0 aromatic carbocycles. The molecule has 2 aliphatic heterocycles. The van der Waals surface area contributed by atoms with Crippen molar-refractivity contribution in [2.75, 3.05) is 40.0 Å². The minimum atomic E-state index is -0.794. The van der Waals surface area contributed by atoms with Gasteiger partial charge in [0.05, 0.1) is 24.9 Å². The van der Waals surface area contributed by atoms with Crippen molar-refractivity contribution in [3.05, 3.63) is 47.3 Å². The normalized spacial score (nSPS) is 27.3. The van der Waals surface area contributed by atoms with E-state index in [-0.39, 0.29) is 29.8 Å². The van der Waals surface area contributed by atoms with E-state index in [9.17, 15) is 14.7 Å². The molecule has 3 unspecified atom stereocenters. The Balaban J connectivity index is 1.27. The summed E-state index contributed by atoms with van der Waals surface area (Å²) in [5.74, 6) is 0.987. The molecule has 4 aliphatic rings. The number of carbonyl (C=O) groups is 2. The maximum atomic E-state index is 12.9. The third-order valence-corrected chi connectivity index (χ3v) is 7.71. The highest BCUT2D eigenvalue weighted by Crippen LogP contribution is 2.28. The summed E-state index contributed by atoms with van der Waals surface area (Å²) in [4.78, 5) is 27.8. The van der Waals surface area contributed by atoms with E-state index in [2.05, 4.69) is 10.2 Å². The van der Waals surface area contributed by atoms with Crippen LogP contribution in [0.15, 0.2) is 47.3 Å². The van der Waals surface area contributed by atoms with Crippen LogP contribution >= 0.6 is 0 Å². The average molecular weight is 515 g/mol. The van der Waals surface area contributed by atoms with Crippen molar-refractivity contribution >= 4 is 11.7 Å². The molecule has 2 fully saturated rings. The summed E-state index contributed by atoms with van der Waals surface area (Å²) in [6, 6.07) is -0.398. The number of ketones is 1. The van der Waals surface area contributed by atoms with Gasteiger partial charge in [-0.05, 0) is 50.4 Å². The van der Waals surface area contributed by atoms with Crippen LogP contribution in [0.25, 0.3) is 0 Å². The van der Waals surface area contributed by atoms with Crippen LogP contribution in [0.5, 0.6) is 0 Å². The van der Waals surface area contributed by atoms with Gasteiger partial charge in [0.1, 0.15) is 18.5 Å². The predicted octanol–water partition coefficient (Wildman–Crippen LogP) is 2.83. The first kappa shape index (κ1) is 27.8. The van der Waals surface area contributed by atoms with Gasteiger partial charge in [0, 0.05) is 44.4 Å². The fourth-order valence-corrected chi connectivity index (χ4v) is 5.54. The second-order valence-electron chi connectivity index (χ2n) is 10.5. The molecule has 0 aromatic rings. The zero-order valence-electron chi connectivity index (χ0n) is 22.2. The van der Waals surface area contributed by atoms with Crippen LogP contribution < -0.4 is 5.32 Å². The molecule has 2 N–H and O–H groups in total. The molecule has 0 spiro atoms. The standard InChI is InChI=1S/C29H42N2O6/c1-20-17-21(9-11-25(20)35-2)24(32)7-3-4-8-28(33)30-23(19-31-13-5-6-14-31)29(34)22-10-12-26-27(18-22)37-16-15-36-26/h9-12,17,20,23,25,27,29,34H,3-8,13-16,18-19H2,1-2H3,(H,30,33)/t20?,23-,25?,27?,29-/m1/s1. The molecular weight excluding hydrogens is 472 g/mol. The zero-order valence-corrected chi connectivity index (χ0v) is 22.2. The summed E-state index contributed by atoms with van der Waals surface area (Å²) in [5.41, 5.74) is 1.58. The molecule has 204 valence electrons. The lowest BCUT2D eigenvalue weighted by Crippen LogP contribution is -2.51. The fraction of sp³-hybridized carbons (Fsp3) is 0.655. The molecule has 0 saturated carbocycles. The van der Waals surface area contributed by atoms with Gasteiger partial charge in [0.2, 0.25) is 5.91 Å². The highest BCUT2D eigenvalue weighted by molar-refractivity contribution is 5.98. The minimum absolute atomic E-state index is 0.00933. The Morgan fingerprint density at radius 2 is 1.97 bits per heavy atom. The topological polar surface area (TPSA) is 97.3 Å². The van der Waals surface area contributed by atoms with E-state index < -0.39 is 12.1 Å². The lowest BCUT2D eigenvalue weighted by atomic mass is 9.91. The Morgan fingerprint density at radius 3 is 2.73 bits per heavy atom. The van der Waals surface area contributed by atoms with Crippen molar-refractivity contribution in [1.29, 1.82) is 0 Å². The smallest absolute Gasteiger partial charge is 0.220 e. The van der Waals surface area contributed by atoms with Crippen LogP contribution in [-0.2, 0) is 23.8 Å². The largest absolute Gasteiger partial charge is 0.493 e. The number of hydrogen-bond acceptors (Lipinski definition) is 7. The number of Topliss-reactive ketones (excluding diaryl/α,β-unsaturated/α-hetero) is 1. The van der Waals surface area contributed by atoms with E-state index in [0.29, 0.717) is 51.9 Å². The van der Waals surface area contributed by atoms with Crippen molar-refractivity contribution in [2.24, 2.45) is 5.92 Å². The number of methoxy groups -OCH3 is 1. The SMILES string of the molecule is COC1C=CC(C(=O)CCCCC(=O)N[C@H](CN2CCCC2)[C@H](O)C2=CC=C3OCCOC3C2)=CC1C. The van der Waals surface area contributed by atoms with E-state index in [4.69, 9.17) is 14.2 Å². The second kappa shape index (κ2) is 13.5. The Kier molecular flexibility index (Phi) is 10.1. The summed E-state index contributed by atoms with van der Waals surface area (Å²) in [6.07, 6.45) is 13.4. The number of fused-ring (bicyclic) bond motifs is 1. The van der Waals surface area contributed by atoms with E-state index >= 15 is 0 Å².